The average Bonchev–Trinajstić information content (AvgIpc) is 2.09. The lowest BCUT2D eigenvalue weighted by atomic mass is 10.1. The van der Waals surface area contributed by atoms with Crippen LogP contribution >= 0.6 is 23.4 Å². The molecule has 0 spiro atoms. The Bertz CT molecular complexity index is 265. The molecule has 1 aromatic rings. The topological polar surface area (TPSA) is 20.2 Å². The normalized spacial score (nSPS) is 12.8. The van der Waals surface area contributed by atoms with E-state index in [9.17, 15) is 5.11 Å². The predicted molar refractivity (Wildman–Crippen MR) is 59.5 cm³/mol. The Morgan fingerprint density at radius 2 is 2.15 bits per heavy atom. The summed E-state index contributed by atoms with van der Waals surface area (Å²) in [5, 5.41) is 10.3. The second kappa shape index (κ2) is 5.53. The molecule has 0 heterocycles. The van der Waals surface area contributed by atoms with Crippen LogP contribution in [-0.4, -0.2) is 23.2 Å². The van der Waals surface area contributed by atoms with Crippen LogP contribution in [0.1, 0.15) is 5.56 Å². The zero-order valence-corrected chi connectivity index (χ0v) is 9.11. The van der Waals surface area contributed by atoms with E-state index in [4.69, 9.17) is 11.6 Å². The van der Waals surface area contributed by atoms with Crippen LogP contribution in [0.5, 0.6) is 0 Å². The summed E-state index contributed by atoms with van der Waals surface area (Å²) in [6.45, 7) is 0. The molecule has 0 bridgehead atoms. The maximum Gasteiger partial charge on any atom is 0.0671 e. The van der Waals surface area contributed by atoms with Crippen LogP contribution in [0.3, 0.4) is 0 Å². The van der Waals surface area contributed by atoms with E-state index in [-0.39, 0.29) is 6.10 Å². The van der Waals surface area contributed by atoms with Crippen LogP contribution < -0.4 is 0 Å². The third kappa shape index (κ3) is 3.59. The molecule has 0 amide bonds. The van der Waals surface area contributed by atoms with Gasteiger partial charge in [0.15, 0.2) is 0 Å². The minimum atomic E-state index is -0.296. The van der Waals surface area contributed by atoms with Crippen molar-refractivity contribution in [2.24, 2.45) is 0 Å². The monoisotopic (exact) mass is 216 g/mol. The average molecular weight is 217 g/mol. The van der Waals surface area contributed by atoms with Gasteiger partial charge >= 0.3 is 0 Å². The highest BCUT2D eigenvalue weighted by molar-refractivity contribution is 7.98. The first-order valence-electron chi connectivity index (χ1n) is 4.14. The number of benzene rings is 1. The Balaban J connectivity index is 2.58. The molecule has 1 N–H and O–H groups in total. The molecule has 1 atom stereocenters. The Kier molecular flexibility index (Phi) is 4.64. The molecule has 1 nitrogen and oxygen atoms in total. The lowest BCUT2D eigenvalue weighted by Gasteiger charge is -2.09. The Labute approximate surface area is 88.1 Å². The van der Waals surface area contributed by atoms with Crippen LogP contribution in [-0.2, 0) is 6.42 Å². The van der Waals surface area contributed by atoms with Gasteiger partial charge in [0.2, 0.25) is 0 Å². The van der Waals surface area contributed by atoms with Gasteiger partial charge in [0.05, 0.1) is 6.10 Å². The molecule has 13 heavy (non-hydrogen) atoms. The lowest BCUT2D eigenvalue weighted by molar-refractivity contribution is 0.200. The van der Waals surface area contributed by atoms with E-state index in [1.54, 1.807) is 11.8 Å². The van der Waals surface area contributed by atoms with E-state index in [1.807, 2.05) is 30.5 Å². The second-order valence-corrected chi connectivity index (χ2v) is 4.22. The van der Waals surface area contributed by atoms with Gasteiger partial charge in [0.25, 0.3) is 0 Å². The van der Waals surface area contributed by atoms with E-state index in [0.717, 1.165) is 16.3 Å². The van der Waals surface area contributed by atoms with Gasteiger partial charge in [-0.1, -0.05) is 29.8 Å². The fourth-order valence-electron chi connectivity index (χ4n) is 1.17. The van der Waals surface area contributed by atoms with Gasteiger partial charge in [-0.05, 0) is 17.9 Å². The molecule has 3 heteroatoms. The van der Waals surface area contributed by atoms with Crippen molar-refractivity contribution in [3.63, 3.8) is 0 Å². The van der Waals surface area contributed by atoms with Gasteiger partial charge in [0, 0.05) is 17.2 Å². The maximum atomic E-state index is 9.55. The first-order valence-corrected chi connectivity index (χ1v) is 5.91. The molecular formula is C10H13ClOS. The van der Waals surface area contributed by atoms with E-state index in [2.05, 4.69) is 0 Å². The number of rotatable bonds is 4. The van der Waals surface area contributed by atoms with Gasteiger partial charge in [-0.15, -0.1) is 0 Å². The zero-order valence-electron chi connectivity index (χ0n) is 7.53. The van der Waals surface area contributed by atoms with Crippen molar-refractivity contribution in [1.29, 1.82) is 0 Å². The van der Waals surface area contributed by atoms with Crippen molar-refractivity contribution >= 4 is 23.4 Å². The van der Waals surface area contributed by atoms with Gasteiger partial charge < -0.3 is 5.11 Å². The molecule has 1 rings (SSSR count). The van der Waals surface area contributed by atoms with E-state index >= 15 is 0 Å². The maximum absolute atomic E-state index is 9.55. The summed E-state index contributed by atoms with van der Waals surface area (Å²) < 4.78 is 0. The molecule has 0 aliphatic rings. The Morgan fingerprint density at radius 3 is 2.77 bits per heavy atom. The van der Waals surface area contributed by atoms with Crippen LogP contribution in [0, 0.1) is 0 Å². The van der Waals surface area contributed by atoms with Crippen molar-refractivity contribution in [2.75, 3.05) is 12.0 Å². The molecule has 0 aliphatic carbocycles. The number of aliphatic hydroxyl groups excluding tert-OH is 1. The van der Waals surface area contributed by atoms with Crippen molar-refractivity contribution < 1.29 is 5.11 Å². The van der Waals surface area contributed by atoms with Crippen molar-refractivity contribution in [2.45, 2.75) is 12.5 Å². The quantitative estimate of drug-likeness (QED) is 0.835. The Morgan fingerprint density at radius 1 is 1.46 bits per heavy atom. The number of hydrogen-bond acceptors (Lipinski definition) is 2. The number of halogens is 1. The van der Waals surface area contributed by atoms with Crippen molar-refractivity contribution in [3.05, 3.63) is 34.9 Å². The molecule has 0 aliphatic heterocycles. The minimum Gasteiger partial charge on any atom is -0.392 e. The van der Waals surface area contributed by atoms with Crippen molar-refractivity contribution in [3.8, 4) is 0 Å². The molecule has 0 aromatic heterocycles. The number of aliphatic hydroxyl groups is 1. The summed E-state index contributed by atoms with van der Waals surface area (Å²) in [6, 6.07) is 7.63. The largest absolute Gasteiger partial charge is 0.392 e. The molecule has 0 saturated carbocycles. The first kappa shape index (κ1) is 10.9. The van der Waals surface area contributed by atoms with Crippen LogP contribution in [0.15, 0.2) is 24.3 Å². The molecule has 0 saturated heterocycles. The summed E-state index contributed by atoms with van der Waals surface area (Å²) in [5.74, 6) is 0.755. The molecular weight excluding hydrogens is 204 g/mol. The SMILES string of the molecule is CSCC(O)Cc1ccccc1Cl. The van der Waals surface area contributed by atoms with Crippen molar-refractivity contribution in [1.82, 2.24) is 0 Å². The fourth-order valence-corrected chi connectivity index (χ4v) is 1.88. The van der Waals surface area contributed by atoms with Crippen LogP contribution in [0.2, 0.25) is 5.02 Å². The molecule has 0 fully saturated rings. The van der Waals surface area contributed by atoms with Crippen LogP contribution in [0.4, 0.5) is 0 Å². The molecule has 1 unspecified atom stereocenters. The molecule has 1 aromatic carbocycles. The third-order valence-corrected chi connectivity index (χ3v) is 2.86. The Hall–Kier alpha value is -0.180. The first-order chi connectivity index (χ1) is 6.24. The second-order valence-electron chi connectivity index (χ2n) is 2.90. The number of hydrogen-bond donors (Lipinski definition) is 1. The highest BCUT2D eigenvalue weighted by Gasteiger charge is 2.06. The van der Waals surface area contributed by atoms with Gasteiger partial charge in [0.1, 0.15) is 0 Å². The van der Waals surface area contributed by atoms with Crippen LogP contribution in [0.25, 0.3) is 0 Å². The predicted octanol–water partition coefficient (Wildman–Crippen LogP) is 2.61. The third-order valence-electron chi connectivity index (χ3n) is 1.77. The van der Waals surface area contributed by atoms with E-state index in [1.165, 1.54) is 0 Å². The summed E-state index contributed by atoms with van der Waals surface area (Å²) in [5.41, 5.74) is 1.02. The zero-order chi connectivity index (χ0) is 9.68. The smallest absolute Gasteiger partial charge is 0.0671 e. The molecule has 0 radical (unpaired) electrons. The standard InChI is InChI=1S/C10H13ClOS/c1-13-7-9(12)6-8-4-2-3-5-10(8)11/h2-5,9,12H,6-7H2,1H3. The van der Waals surface area contributed by atoms with Gasteiger partial charge in [-0.25, -0.2) is 0 Å². The number of thioether (sulfide) groups is 1. The van der Waals surface area contributed by atoms with E-state index in [0.29, 0.717) is 6.42 Å². The minimum absolute atomic E-state index is 0.296. The highest BCUT2D eigenvalue weighted by Crippen LogP contribution is 2.17. The van der Waals surface area contributed by atoms with Gasteiger partial charge in [-0.2, -0.15) is 11.8 Å². The van der Waals surface area contributed by atoms with E-state index < -0.39 is 0 Å². The summed E-state index contributed by atoms with van der Waals surface area (Å²) in [7, 11) is 0. The summed E-state index contributed by atoms with van der Waals surface area (Å²) in [4.78, 5) is 0. The van der Waals surface area contributed by atoms with Gasteiger partial charge in [-0.3, -0.25) is 0 Å². The molecule has 72 valence electrons. The summed E-state index contributed by atoms with van der Waals surface area (Å²) in [6.07, 6.45) is 2.32. The highest BCUT2D eigenvalue weighted by atomic mass is 35.5. The lowest BCUT2D eigenvalue weighted by Crippen LogP contribution is -2.13. The summed E-state index contributed by atoms with van der Waals surface area (Å²) >= 11 is 7.59. The fraction of sp³-hybridized carbons (Fsp3) is 0.400.